The van der Waals surface area contributed by atoms with Crippen molar-refractivity contribution in [3.63, 3.8) is 0 Å². The van der Waals surface area contributed by atoms with E-state index >= 15 is 0 Å². The molecule has 1 aromatic heterocycles. The van der Waals surface area contributed by atoms with Gasteiger partial charge in [-0.2, -0.15) is 0 Å². The van der Waals surface area contributed by atoms with Crippen LogP contribution in [0.2, 0.25) is 0 Å². The molecule has 0 aromatic carbocycles. The Bertz CT molecular complexity index is 1170. The van der Waals surface area contributed by atoms with Gasteiger partial charge in [-0.3, -0.25) is 4.79 Å². The molecule has 0 saturated heterocycles. The van der Waals surface area contributed by atoms with E-state index in [0.29, 0.717) is 11.1 Å². The molecule has 1 aromatic rings. The fraction of sp³-hybridized carbons (Fsp3) is 0.500. The normalized spacial score (nSPS) is 18.8. The van der Waals surface area contributed by atoms with Gasteiger partial charge in [0, 0.05) is 12.1 Å². The number of Topliss-reactive ketones (excluding diaryl/α,β-unsaturated/α-hetero) is 1. The number of aliphatic hydroxyl groups is 1. The summed E-state index contributed by atoms with van der Waals surface area (Å²) in [6.07, 6.45) is 7.88. The first kappa shape index (κ1) is 28.2. The molecule has 1 N–H and O–H groups in total. The van der Waals surface area contributed by atoms with Crippen LogP contribution in [0.25, 0.3) is 6.08 Å². The van der Waals surface area contributed by atoms with Crippen LogP contribution >= 0.6 is 11.8 Å². The van der Waals surface area contributed by atoms with Crippen molar-refractivity contribution in [3.05, 3.63) is 79.7 Å². The van der Waals surface area contributed by atoms with E-state index in [2.05, 4.69) is 95.2 Å². The van der Waals surface area contributed by atoms with Crippen LogP contribution in [0.1, 0.15) is 100 Å². The Hall–Kier alpha value is -2.33. The summed E-state index contributed by atoms with van der Waals surface area (Å²) in [6.45, 7) is 25.8. The molecule has 0 amide bonds. The van der Waals surface area contributed by atoms with Gasteiger partial charge in [0.15, 0.2) is 0 Å². The molecule has 194 valence electrons. The van der Waals surface area contributed by atoms with Gasteiger partial charge in [0.1, 0.15) is 5.76 Å². The summed E-state index contributed by atoms with van der Waals surface area (Å²) in [7, 11) is 0. The lowest BCUT2D eigenvalue weighted by Crippen LogP contribution is -2.22. The van der Waals surface area contributed by atoms with Crippen LogP contribution in [0, 0.1) is 10.8 Å². The predicted molar refractivity (Wildman–Crippen MR) is 154 cm³/mol. The number of carbonyl (C=O) groups excluding carboxylic acids is 1. The fourth-order valence-electron chi connectivity index (χ4n) is 3.73. The van der Waals surface area contributed by atoms with Crippen molar-refractivity contribution in [2.75, 3.05) is 0 Å². The molecule has 0 spiro atoms. The van der Waals surface area contributed by atoms with Gasteiger partial charge in [0.2, 0.25) is 5.78 Å². The molecule has 0 bridgehead atoms. The number of hydrogen-bond donors (Lipinski definition) is 1. The Kier molecular flexibility index (Phi) is 7.22. The summed E-state index contributed by atoms with van der Waals surface area (Å²) in [4.78, 5) is 15.7. The lowest BCUT2D eigenvalue weighted by molar-refractivity contribution is -0.113. The lowest BCUT2D eigenvalue weighted by atomic mass is 9.83. The van der Waals surface area contributed by atoms with Gasteiger partial charge in [-0.05, 0) is 97.6 Å². The number of hydrogen-bond acceptors (Lipinski definition) is 3. The molecule has 3 rings (SSSR count). The number of thioether (sulfide) groups is 1. The summed E-state index contributed by atoms with van der Waals surface area (Å²) in [6, 6.07) is 3.93. The van der Waals surface area contributed by atoms with Gasteiger partial charge in [-0.1, -0.05) is 53.3 Å². The summed E-state index contributed by atoms with van der Waals surface area (Å²) in [5, 5.41) is 10.9. The summed E-state index contributed by atoms with van der Waals surface area (Å²) in [5.41, 5.74) is 2.14. The van der Waals surface area contributed by atoms with Gasteiger partial charge in [-0.25, -0.2) is 4.42 Å². The fourth-order valence-corrected chi connectivity index (χ4v) is 4.97. The third-order valence-electron chi connectivity index (χ3n) is 6.21. The zero-order valence-electron chi connectivity index (χ0n) is 24.1. The van der Waals surface area contributed by atoms with Gasteiger partial charge >= 0.3 is 11.5 Å². The Balaban J connectivity index is 2.07. The number of allylic oxidation sites excluding steroid dienone is 8. The molecule has 3 nitrogen and oxygen atoms in total. The van der Waals surface area contributed by atoms with Crippen molar-refractivity contribution in [1.82, 2.24) is 0 Å². The first-order valence-electron chi connectivity index (χ1n) is 12.7. The molecule has 1 aliphatic carbocycles. The first-order chi connectivity index (χ1) is 16.2. The molecule has 4 heteroatoms. The molecular weight excluding hydrogens is 464 g/mol. The molecule has 0 fully saturated rings. The summed E-state index contributed by atoms with van der Waals surface area (Å²) >= 11 is 1.81. The Morgan fingerprint density at radius 2 is 1.17 bits per heavy atom. The van der Waals surface area contributed by atoms with Crippen LogP contribution in [0.3, 0.4) is 0 Å². The Morgan fingerprint density at radius 1 is 0.722 bits per heavy atom. The number of ketones is 1. The zero-order valence-corrected chi connectivity index (χ0v) is 25.0. The molecule has 1 aliphatic heterocycles. The van der Waals surface area contributed by atoms with E-state index in [0.717, 1.165) is 22.7 Å². The van der Waals surface area contributed by atoms with Crippen LogP contribution in [-0.4, -0.2) is 10.9 Å². The van der Waals surface area contributed by atoms with Crippen LogP contribution in [0.4, 0.5) is 0 Å². The van der Waals surface area contributed by atoms with Crippen LogP contribution in [0.15, 0.2) is 67.1 Å². The quantitative estimate of drug-likeness (QED) is 0.320. The molecule has 0 saturated carbocycles. The van der Waals surface area contributed by atoms with E-state index in [4.69, 9.17) is 4.42 Å². The summed E-state index contributed by atoms with van der Waals surface area (Å²) in [5.74, 6) is 1.61. The minimum Gasteiger partial charge on any atom is -0.506 e. The average molecular weight is 508 g/mol. The predicted octanol–water partition coefficient (Wildman–Crippen LogP) is 9.47. The zero-order chi connectivity index (χ0) is 27.4. The minimum atomic E-state index is -0.182. The highest BCUT2D eigenvalue weighted by Gasteiger charge is 2.36. The van der Waals surface area contributed by atoms with Crippen molar-refractivity contribution >= 4 is 23.6 Å². The van der Waals surface area contributed by atoms with Crippen molar-refractivity contribution in [2.24, 2.45) is 10.8 Å². The molecule has 0 atom stereocenters. The number of rotatable bonds is 2. The van der Waals surface area contributed by atoms with Gasteiger partial charge < -0.3 is 5.11 Å². The largest absolute Gasteiger partial charge is 0.506 e. The second kappa shape index (κ2) is 9.20. The highest BCUT2D eigenvalue weighted by Crippen LogP contribution is 2.49. The van der Waals surface area contributed by atoms with Crippen LogP contribution in [0.5, 0.6) is 0 Å². The standard InChI is InChI=1S/C32H42O3S/c1-29(2,3)23-15-19(16-24(35-23)30(4,5)6)13-21-27(33)22(28(21)34)14-20-17-25(31(7,8)9)36-26(18-20)32(10,11)12/h13-18H,1-12H3/p+1. The monoisotopic (exact) mass is 507 g/mol. The van der Waals surface area contributed by atoms with E-state index in [1.165, 1.54) is 9.81 Å². The van der Waals surface area contributed by atoms with Gasteiger partial charge in [-0.15, -0.1) is 0 Å². The molecule has 2 heterocycles. The topological polar surface area (TPSA) is 48.6 Å². The molecule has 0 unspecified atom stereocenters. The van der Waals surface area contributed by atoms with Gasteiger partial charge in [0.05, 0.1) is 22.0 Å². The highest BCUT2D eigenvalue weighted by molar-refractivity contribution is 8.06. The summed E-state index contributed by atoms with van der Waals surface area (Å²) < 4.78 is 6.22. The van der Waals surface area contributed by atoms with Crippen molar-refractivity contribution in [1.29, 1.82) is 0 Å². The first-order valence-corrected chi connectivity index (χ1v) is 13.5. The molecule has 0 radical (unpaired) electrons. The minimum absolute atomic E-state index is 0.00643. The number of aliphatic hydroxyl groups excluding tert-OH is 1. The maximum Gasteiger partial charge on any atom is 0.335 e. The number of carbonyl (C=O) groups is 1. The maximum absolute atomic E-state index is 13.2. The van der Waals surface area contributed by atoms with E-state index < -0.39 is 0 Å². The molecule has 36 heavy (non-hydrogen) atoms. The van der Waals surface area contributed by atoms with Crippen LogP contribution < -0.4 is 0 Å². The SMILES string of the molecule is CC(C)(C)C1=CC(=CC2=C(O)/C(=C\c3cc(C(C)(C)C)[o+]c(C(C)(C)C)c3)C2=O)C=C(C(C)(C)C)S1. The third kappa shape index (κ3) is 6.14. The van der Waals surface area contributed by atoms with E-state index in [1.807, 2.05) is 30.0 Å². The van der Waals surface area contributed by atoms with Crippen molar-refractivity contribution in [3.8, 4) is 0 Å². The van der Waals surface area contributed by atoms with Gasteiger partial charge in [0.25, 0.3) is 0 Å². The van der Waals surface area contributed by atoms with E-state index in [-0.39, 0.29) is 33.2 Å². The van der Waals surface area contributed by atoms with Crippen molar-refractivity contribution in [2.45, 2.75) is 93.9 Å². The van der Waals surface area contributed by atoms with E-state index in [9.17, 15) is 9.90 Å². The molecular formula is C32H43O3S+. The third-order valence-corrected chi connectivity index (χ3v) is 8.11. The van der Waals surface area contributed by atoms with Crippen molar-refractivity contribution < 1.29 is 14.3 Å². The maximum atomic E-state index is 13.2. The second-order valence-electron chi connectivity index (χ2n) is 14.0. The lowest BCUT2D eigenvalue weighted by Gasteiger charge is -2.32. The molecule has 2 aliphatic rings. The highest BCUT2D eigenvalue weighted by atomic mass is 32.2. The second-order valence-corrected chi connectivity index (χ2v) is 15.1. The Morgan fingerprint density at radius 3 is 1.53 bits per heavy atom. The Labute approximate surface area is 222 Å². The smallest absolute Gasteiger partial charge is 0.335 e. The van der Waals surface area contributed by atoms with E-state index in [1.54, 1.807) is 6.08 Å². The van der Waals surface area contributed by atoms with Crippen LogP contribution in [-0.2, 0) is 15.6 Å². The average Bonchev–Trinajstić information content (AvgIpc) is 2.72.